The molecular formula is C70H59BN2O. The van der Waals surface area contributed by atoms with Crippen LogP contribution >= 0.6 is 0 Å². The maximum atomic E-state index is 7.72. The summed E-state index contributed by atoms with van der Waals surface area (Å²) in [6, 6.07) is 57.6. The van der Waals surface area contributed by atoms with Gasteiger partial charge in [-0.2, -0.15) is 0 Å². The van der Waals surface area contributed by atoms with Gasteiger partial charge in [-0.1, -0.05) is 118 Å². The fourth-order valence-electron chi connectivity index (χ4n) is 21.3. The van der Waals surface area contributed by atoms with Gasteiger partial charge >= 0.3 is 6.85 Å². The van der Waals surface area contributed by atoms with E-state index < -0.39 is 0 Å². The van der Waals surface area contributed by atoms with Crippen molar-refractivity contribution >= 4 is 89.4 Å². The highest BCUT2D eigenvalue weighted by molar-refractivity contribution is 6.90. The summed E-state index contributed by atoms with van der Waals surface area (Å²) < 4.78 is 10.5. The van der Waals surface area contributed by atoms with Gasteiger partial charge in [0.2, 0.25) is 0 Å². The molecule has 2 aromatic heterocycles. The third-order valence-electron chi connectivity index (χ3n) is 24.1. The van der Waals surface area contributed by atoms with Crippen molar-refractivity contribution < 1.29 is 4.42 Å². The molecule has 8 fully saturated rings. The first kappa shape index (κ1) is 39.9. The second kappa shape index (κ2) is 12.4. The van der Waals surface area contributed by atoms with Gasteiger partial charge in [-0.05, 0) is 230 Å². The molecule has 20 rings (SSSR count). The highest BCUT2D eigenvalue weighted by Crippen LogP contribution is 2.86. The van der Waals surface area contributed by atoms with Crippen molar-refractivity contribution in [2.45, 2.75) is 101 Å². The Morgan fingerprint density at radius 3 is 1.91 bits per heavy atom. The first-order valence-corrected chi connectivity index (χ1v) is 28.8. The molecule has 0 N–H and O–H groups in total. The molecule has 0 saturated heterocycles. The molecule has 3 nitrogen and oxygen atoms in total. The van der Waals surface area contributed by atoms with E-state index in [9.17, 15) is 0 Å². The van der Waals surface area contributed by atoms with Crippen LogP contribution in [0.2, 0.25) is 0 Å². The lowest BCUT2D eigenvalue weighted by molar-refractivity contribution is -0.175. The van der Waals surface area contributed by atoms with Gasteiger partial charge in [0, 0.05) is 38.6 Å². The Morgan fingerprint density at radius 2 is 1.20 bits per heavy atom. The molecule has 4 heteroatoms. The lowest BCUT2D eigenvalue weighted by Crippen LogP contribution is -2.59. The molecule has 10 aromatic rings. The van der Waals surface area contributed by atoms with E-state index >= 15 is 0 Å². The van der Waals surface area contributed by atoms with Crippen LogP contribution in [-0.2, 0) is 16.2 Å². The molecule has 2 spiro atoms. The molecule has 0 amide bonds. The van der Waals surface area contributed by atoms with E-state index in [1.807, 2.05) is 0 Å². The van der Waals surface area contributed by atoms with Crippen molar-refractivity contribution in [1.82, 2.24) is 4.48 Å². The number of fused-ring (bicyclic) bond motifs is 15. The van der Waals surface area contributed by atoms with Gasteiger partial charge in [-0.15, -0.1) is 0 Å². The quantitative estimate of drug-likeness (QED) is 0.164. The molecule has 2 aliphatic heterocycles. The molecule has 0 radical (unpaired) electrons. The molecule has 4 atom stereocenters. The summed E-state index contributed by atoms with van der Waals surface area (Å²) in [6.45, 7) is 6.87. The van der Waals surface area contributed by atoms with Crippen LogP contribution in [0.4, 0.5) is 17.1 Å². The zero-order valence-electron chi connectivity index (χ0n) is 42.8. The summed E-state index contributed by atoms with van der Waals surface area (Å²) in [7, 11) is 0. The summed E-state index contributed by atoms with van der Waals surface area (Å²) in [6.07, 6.45) is 14.4. The Balaban J connectivity index is 0.932. The number of anilines is 3. The highest BCUT2D eigenvalue weighted by Gasteiger charge is 2.78. The first-order chi connectivity index (χ1) is 36.1. The van der Waals surface area contributed by atoms with Gasteiger partial charge in [0.15, 0.2) is 0 Å². The Morgan fingerprint density at radius 1 is 0.541 bits per heavy atom. The second-order valence-corrected chi connectivity index (χ2v) is 27.6. The normalized spacial score (nSPS) is 32.4. The smallest absolute Gasteiger partial charge is 0.376 e. The molecule has 4 bridgehead atoms. The molecule has 8 aromatic carbocycles. The number of furan rings is 1. The summed E-state index contributed by atoms with van der Waals surface area (Å²) in [5.41, 5.74) is 21.6. The van der Waals surface area contributed by atoms with Gasteiger partial charge in [0.05, 0.1) is 16.8 Å². The minimum absolute atomic E-state index is 0.0305. The van der Waals surface area contributed by atoms with Crippen molar-refractivity contribution in [1.29, 1.82) is 0 Å². The topological polar surface area (TPSA) is 21.3 Å². The fourth-order valence-corrected chi connectivity index (χ4v) is 21.3. The Bertz CT molecular complexity index is 4260. The molecule has 4 unspecified atom stereocenters. The molecule has 358 valence electrons. The molecule has 10 aliphatic rings. The summed E-state index contributed by atoms with van der Waals surface area (Å²) >= 11 is 0. The van der Waals surface area contributed by atoms with E-state index in [1.165, 1.54) is 163 Å². The lowest BCUT2D eigenvalue weighted by Gasteiger charge is -2.66. The predicted molar refractivity (Wildman–Crippen MR) is 304 cm³/mol. The average molecular weight is 955 g/mol. The van der Waals surface area contributed by atoms with Crippen LogP contribution in [0.3, 0.4) is 0 Å². The van der Waals surface area contributed by atoms with Crippen molar-refractivity contribution in [3.63, 3.8) is 0 Å². The van der Waals surface area contributed by atoms with Gasteiger partial charge in [-0.25, -0.2) is 0 Å². The minimum atomic E-state index is -0.176. The Labute approximate surface area is 433 Å². The number of hydrogen-bond acceptors (Lipinski definition) is 2. The van der Waals surface area contributed by atoms with Gasteiger partial charge in [0.25, 0.3) is 0 Å². The van der Waals surface area contributed by atoms with E-state index in [0.29, 0.717) is 16.2 Å². The first-order valence-electron chi connectivity index (χ1n) is 28.8. The fraction of sp³-hybridized carbons (Fsp3) is 0.343. The van der Waals surface area contributed by atoms with Gasteiger partial charge in [0.1, 0.15) is 11.2 Å². The van der Waals surface area contributed by atoms with Crippen molar-refractivity contribution in [3.05, 3.63) is 162 Å². The monoisotopic (exact) mass is 954 g/mol. The third-order valence-corrected chi connectivity index (χ3v) is 24.1. The largest absolute Gasteiger partial charge is 0.466 e. The van der Waals surface area contributed by atoms with E-state index in [0.717, 1.165) is 46.8 Å². The summed E-state index contributed by atoms with van der Waals surface area (Å²) in [5.74, 6) is 5.75. The zero-order valence-corrected chi connectivity index (χ0v) is 42.8. The zero-order chi connectivity index (χ0) is 48.1. The van der Waals surface area contributed by atoms with Crippen LogP contribution in [-0.4, -0.2) is 11.3 Å². The number of rotatable bonds is 4. The molecule has 8 saturated carbocycles. The minimum Gasteiger partial charge on any atom is -0.466 e. The molecule has 8 aliphatic carbocycles. The van der Waals surface area contributed by atoms with Crippen LogP contribution in [0.25, 0.3) is 76.6 Å². The van der Waals surface area contributed by atoms with Gasteiger partial charge in [-0.3, -0.25) is 0 Å². The number of benzene rings is 8. The third kappa shape index (κ3) is 4.27. The van der Waals surface area contributed by atoms with E-state index in [1.54, 1.807) is 11.1 Å². The number of aromatic nitrogens is 1. The molecular weight excluding hydrogens is 896 g/mol. The average Bonchev–Trinajstić information content (AvgIpc) is 4.39. The van der Waals surface area contributed by atoms with Crippen LogP contribution in [0.5, 0.6) is 0 Å². The van der Waals surface area contributed by atoms with Gasteiger partial charge < -0.3 is 13.8 Å². The van der Waals surface area contributed by atoms with Crippen LogP contribution < -0.4 is 16.0 Å². The van der Waals surface area contributed by atoms with Crippen molar-refractivity contribution in [3.8, 4) is 22.3 Å². The highest BCUT2D eigenvalue weighted by atomic mass is 16.3. The van der Waals surface area contributed by atoms with Crippen molar-refractivity contribution in [2.75, 3.05) is 4.90 Å². The predicted octanol–water partition coefficient (Wildman–Crippen LogP) is 16.4. The van der Waals surface area contributed by atoms with E-state index in [2.05, 4.69) is 176 Å². The van der Waals surface area contributed by atoms with Crippen LogP contribution in [0.15, 0.2) is 150 Å². The lowest BCUT2D eigenvalue weighted by atomic mass is 9.38. The maximum absolute atomic E-state index is 7.72. The van der Waals surface area contributed by atoms with Crippen molar-refractivity contribution in [2.24, 2.45) is 46.3 Å². The van der Waals surface area contributed by atoms with Crippen LogP contribution in [0.1, 0.15) is 102 Å². The summed E-state index contributed by atoms with van der Waals surface area (Å²) in [5, 5.41) is 9.28. The Kier molecular flexibility index (Phi) is 6.70. The molecule has 74 heavy (non-hydrogen) atoms. The second-order valence-electron chi connectivity index (χ2n) is 27.6. The number of nitrogens with zero attached hydrogens (tertiary/aromatic N) is 2. The summed E-state index contributed by atoms with van der Waals surface area (Å²) in [4.78, 5) is 2.68. The maximum Gasteiger partial charge on any atom is 0.376 e. The van der Waals surface area contributed by atoms with Crippen LogP contribution in [0, 0.1) is 46.3 Å². The van der Waals surface area contributed by atoms with E-state index in [4.69, 9.17) is 4.42 Å². The number of hydrogen-bond donors (Lipinski definition) is 0. The van der Waals surface area contributed by atoms with E-state index in [-0.39, 0.29) is 17.7 Å². The molecule has 4 heterocycles. The Hall–Kier alpha value is -6.52. The standard InChI is InChI=1S/C70H59BN2O/c1-66(2,3)41-18-20-56(52(28-41)38-11-5-4-6-12-38)72-58-23-40-14-8-10-16-51(40)60-55-31-43(68-34-48-26-45-27-49(35-68)70(45,48)37-68)30-54-53-29-42(67-32-46-24-44-25-47(33-67)69(44,46)36-67)19-21-57(53)73(63(54)55)71(62(58)60)65-64(72)61-50-15-9-7-13-39(50)17-22-59(61)74-65/h4-23,28-31,44-49H,24-27,32-37H2,1-3H3. The SMILES string of the molecule is CC(C)(C)c1ccc(N2c3cc4ccccc4c4c3B(c3oc5ccc6ccccc6c5c32)n2c3ccc(C56CC7CC8CC(C5)C87C6)cc3c3cc(C56CC7CC8CC(C5)C87C6)cc-4c32)c(-c2ccccc2)c1.